The van der Waals surface area contributed by atoms with Crippen LogP contribution in [-0.2, 0) is 19.5 Å². The highest BCUT2D eigenvalue weighted by atomic mass is 19.1. The number of fused-ring (bicyclic) bond motifs is 1. The number of nitrogens with zero attached hydrogens (tertiary/aromatic N) is 3. The van der Waals surface area contributed by atoms with E-state index in [1.54, 1.807) is 6.07 Å². The van der Waals surface area contributed by atoms with E-state index in [2.05, 4.69) is 20.8 Å². The van der Waals surface area contributed by atoms with Crippen molar-refractivity contribution in [1.82, 2.24) is 25.4 Å². The van der Waals surface area contributed by atoms with Crippen LogP contribution in [0.4, 0.5) is 9.18 Å². The van der Waals surface area contributed by atoms with Crippen molar-refractivity contribution in [2.24, 2.45) is 0 Å². The predicted molar refractivity (Wildman–Crippen MR) is 86.5 cm³/mol. The molecule has 2 amide bonds. The maximum Gasteiger partial charge on any atom is 0.315 e. The number of carbonyl (C=O) groups is 1. The average molecular weight is 349 g/mol. The van der Waals surface area contributed by atoms with Gasteiger partial charge >= 0.3 is 6.03 Å². The number of halogens is 1. The number of aromatic nitrogens is 3. The summed E-state index contributed by atoms with van der Waals surface area (Å²) in [6, 6.07) is 5.22. The number of aliphatic hydroxyl groups is 1. The number of benzene rings is 1. The first kappa shape index (κ1) is 17.2. The van der Waals surface area contributed by atoms with Crippen LogP contribution in [-0.4, -0.2) is 45.2 Å². The molecule has 0 aliphatic carbocycles. The van der Waals surface area contributed by atoms with Gasteiger partial charge in [0.2, 0.25) is 0 Å². The van der Waals surface area contributed by atoms with Crippen LogP contribution in [0.2, 0.25) is 0 Å². The van der Waals surface area contributed by atoms with Crippen molar-refractivity contribution < 1.29 is 19.0 Å². The molecule has 3 rings (SSSR count). The third-order valence-electron chi connectivity index (χ3n) is 3.83. The summed E-state index contributed by atoms with van der Waals surface area (Å²) >= 11 is 0. The van der Waals surface area contributed by atoms with Gasteiger partial charge in [-0.25, -0.2) is 9.18 Å². The Kier molecular flexibility index (Phi) is 5.44. The van der Waals surface area contributed by atoms with E-state index in [9.17, 15) is 14.3 Å². The fourth-order valence-corrected chi connectivity index (χ4v) is 2.58. The summed E-state index contributed by atoms with van der Waals surface area (Å²) in [6.45, 7) is 1.10. The van der Waals surface area contributed by atoms with Gasteiger partial charge in [-0.2, -0.15) is 0 Å². The van der Waals surface area contributed by atoms with Crippen molar-refractivity contribution in [3.05, 3.63) is 41.7 Å². The Hall–Kier alpha value is -2.68. The molecule has 1 aromatic heterocycles. The summed E-state index contributed by atoms with van der Waals surface area (Å²) in [5, 5.41) is 23.2. The van der Waals surface area contributed by atoms with E-state index in [0.717, 1.165) is 31.0 Å². The third kappa shape index (κ3) is 4.66. The molecule has 2 heterocycles. The summed E-state index contributed by atoms with van der Waals surface area (Å²) < 4.78 is 20.3. The lowest BCUT2D eigenvalue weighted by molar-refractivity contribution is 0.107. The van der Waals surface area contributed by atoms with Crippen LogP contribution in [0.3, 0.4) is 0 Å². The standard InChI is InChI=1S/C16H20FN5O3/c17-11-3-1-4-13(7-11)25-10-12(23)8-18-16(24)19-9-15-21-20-14-5-2-6-22(14)15/h1,3-4,7,12,23H,2,5-6,8-10H2,(H2,18,19,24)/t12-/m1/s1. The van der Waals surface area contributed by atoms with Gasteiger partial charge in [0.15, 0.2) is 5.82 Å². The first-order valence-electron chi connectivity index (χ1n) is 8.11. The zero-order chi connectivity index (χ0) is 17.6. The van der Waals surface area contributed by atoms with Crippen LogP contribution in [0.1, 0.15) is 18.1 Å². The highest BCUT2D eigenvalue weighted by molar-refractivity contribution is 5.73. The highest BCUT2D eigenvalue weighted by Gasteiger charge is 2.17. The number of amides is 2. The molecule has 0 radical (unpaired) electrons. The molecule has 1 aliphatic rings. The van der Waals surface area contributed by atoms with Crippen molar-refractivity contribution in [2.75, 3.05) is 13.2 Å². The summed E-state index contributed by atoms with van der Waals surface area (Å²) in [6.07, 6.45) is 1.05. The molecule has 0 unspecified atom stereocenters. The van der Waals surface area contributed by atoms with Crippen LogP contribution < -0.4 is 15.4 Å². The molecule has 0 spiro atoms. The minimum atomic E-state index is -0.911. The van der Waals surface area contributed by atoms with E-state index in [-0.39, 0.29) is 19.7 Å². The van der Waals surface area contributed by atoms with Crippen LogP contribution in [0, 0.1) is 5.82 Å². The average Bonchev–Trinajstić information content (AvgIpc) is 3.20. The number of urea groups is 1. The molecular formula is C16H20FN5O3. The van der Waals surface area contributed by atoms with Gasteiger partial charge in [0.05, 0.1) is 6.54 Å². The lowest BCUT2D eigenvalue weighted by atomic mass is 10.3. The Morgan fingerprint density at radius 2 is 2.28 bits per heavy atom. The minimum absolute atomic E-state index is 0.0130. The maximum atomic E-state index is 13.0. The number of hydrogen-bond acceptors (Lipinski definition) is 5. The van der Waals surface area contributed by atoms with Gasteiger partial charge in [-0.3, -0.25) is 0 Å². The van der Waals surface area contributed by atoms with Crippen LogP contribution in [0.5, 0.6) is 5.75 Å². The number of aryl methyl sites for hydroxylation is 1. The Labute approximate surface area is 144 Å². The van der Waals surface area contributed by atoms with Gasteiger partial charge in [-0.15, -0.1) is 10.2 Å². The van der Waals surface area contributed by atoms with Gasteiger partial charge in [-0.05, 0) is 18.6 Å². The molecule has 3 N–H and O–H groups in total. The molecule has 9 heteroatoms. The monoisotopic (exact) mass is 349 g/mol. The van der Waals surface area contributed by atoms with Crippen molar-refractivity contribution in [3.8, 4) is 5.75 Å². The second-order valence-electron chi connectivity index (χ2n) is 5.77. The summed E-state index contributed by atoms with van der Waals surface area (Å²) in [5.74, 6) is 1.58. The molecule has 1 atom stereocenters. The van der Waals surface area contributed by atoms with Gasteiger partial charge in [-0.1, -0.05) is 6.07 Å². The Morgan fingerprint density at radius 1 is 1.40 bits per heavy atom. The lowest BCUT2D eigenvalue weighted by Gasteiger charge is -2.14. The smallest absolute Gasteiger partial charge is 0.315 e. The molecule has 0 saturated carbocycles. The van der Waals surface area contributed by atoms with Gasteiger partial charge < -0.3 is 25.0 Å². The zero-order valence-electron chi connectivity index (χ0n) is 13.6. The molecular weight excluding hydrogens is 329 g/mol. The quantitative estimate of drug-likeness (QED) is 0.680. The number of nitrogens with one attached hydrogen (secondary N) is 2. The summed E-state index contributed by atoms with van der Waals surface area (Å²) in [5.41, 5.74) is 0. The predicted octanol–water partition coefficient (Wildman–Crippen LogP) is 0.603. The van der Waals surface area contributed by atoms with E-state index in [0.29, 0.717) is 5.75 Å². The first-order valence-corrected chi connectivity index (χ1v) is 8.11. The van der Waals surface area contributed by atoms with Gasteiger partial charge in [0.25, 0.3) is 0 Å². The number of aliphatic hydroxyl groups excluding tert-OH is 1. The van der Waals surface area contributed by atoms with Crippen LogP contribution in [0.15, 0.2) is 24.3 Å². The van der Waals surface area contributed by atoms with Crippen molar-refractivity contribution in [3.63, 3.8) is 0 Å². The summed E-state index contributed by atoms with van der Waals surface area (Å²) in [4.78, 5) is 11.8. The summed E-state index contributed by atoms with van der Waals surface area (Å²) in [7, 11) is 0. The van der Waals surface area contributed by atoms with Crippen molar-refractivity contribution in [2.45, 2.75) is 32.0 Å². The molecule has 1 aliphatic heterocycles. The van der Waals surface area contributed by atoms with Crippen molar-refractivity contribution in [1.29, 1.82) is 0 Å². The molecule has 2 aromatic rings. The number of ether oxygens (including phenoxy) is 1. The third-order valence-corrected chi connectivity index (χ3v) is 3.83. The maximum absolute atomic E-state index is 13.0. The largest absolute Gasteiger partial charge is 0.491 e. The number of hydrogen-bond donors (Lipinski definition) is 3. The highest BCUT2D eigenvalue weighted by Crippen LogP contribution is 2.13. The van der Waals surface area contributed by atoms with Gasteiger partial charge in [0.1, 0.15) is 30.1 Å². The fraction of sp³-hybridized carbons (Fsp3) is 0.438. The van der Waals surface area contributed by atoms with Gasteiger partial charge in [0, 0.05) is 25.6 Å². The topological polar surface area (TPSA) is 101 Å². The lowest BCUT2D eigenvalue weighted by Crippen LogP contribution is -2.41. The van der Waals surface area contributed by atoms with E-state index < -0.39 is 18.0 Å². The number of rotatable bonds is 7. The second kappa shape index (κ2) is 7.93. The Morgan fingerprint density at radius 3 is 3.12 bits per heavy atom. The van der Waals surface area contributed by atoms with Crippen molar-refractivity contribution >= 4 is 6.03 Å². The molecule has 1 aromatic carbocycles. The molecule has 25 heavy (non-hydrogen) atoms. The Bertz CT molecular complexity index is 736. The van der Waals surface area contributed by atoms with E-state index >= 15 is 0 Å². The Balaban J connectivity index is 1.35. The normalized spacial score (nSPS) is 14.0. The van der Waals surface area contributed by atoms with E-state index in [4.69, 9.17) is 4.74 Å². The van der Waals surface area contributed by atoms with Crippen LogP contribution in [0.25, 0.3) is 0 Å². The molecule has 0 bridgehead atoms. The minimum Gasteiger partial charge on any atom is -0.491 e. The first-order chi connectivity index (χ1) is 12.1. The van der Waals surface area contributed by atoms with Crippen LogP contribution >= 0.6 is 0 Å². The van der Waals surface area contributed by atoms with E-state index in [1.807, 2.05) is 4.57 Å². The number of carbonyl (C=O) groups excluding carboxylic acids is 1. The SMILES string of the molecule is O=C(NCc1nnc2n1CCC2)NC[C@@H](O)COc1cccc(F)c1. The zero-order valence-corrected chi connectivity index (χ0v) is 13.6. The molecule has 0 fully saturated rings. The molecule has 8 nitrogen and oxygen atoms in total. The fourth-order valence-electron chi connectivity index (χ4n) is 2.58. The van der Waals surface area contributed by atoms with E-state index in [1.165, 1.54) is 18.2 Å². The second-order valence-corrected chi connectivity index (χ2v) is 5.77. The molecule has 134 valence electrons. The molecule has 0 saturated heterocycles.